The minimum atomic E-state index is 0.316. The van der Waals surface area contributed by atoms with Gasteiger partial charge in [-0.2, -0.15) is 0 Å². The molecule has 0 aliphatic rings. The first-order chi connectivity index (χ1) is 10.5. The molecule has 0 aromatic heterocycles. The summed E-state index contributed by atoms with van der Waals surface area (Å²) in [6, 6.07) is 11.8. The highest BCUT2D eigenvalue weighted by Gasteiger charge is 2.10. The number of ether oxygens (including phenoxy) is 2. The van der Waals surface area contributed by atoms with Crippen LogP contribution in [0.3, 0.4) is 0 Å². The predicted octanol–water partition coefficient (Wildman–Crippen LogP) is 5.44. The third-order valence-corrected chi connectivity index (χ3v) is 4.63. The van der Waals surface area contributed by atoms with Crippen molar-refractivity contribution in [3.8, 4) is 5.75 Å². The zero-order valence-corrected chi connectivity index (χ0v) is 16.1. The van der Waals surface area contributed by atoms with Crippen LogP contribution in [0.15, 0.2) is 45.3 Å². The van der Waals surface area contributed by atoms with E-state index >= 15 is 0 Å². The van der Waals surface area contributed by atoms with Gasteiger partial charge in [0.05, 0.1) is 11.6 Å². The molecule has 0 saturated heterocycles. The normalized spacial score (nSPS) is 10.2. The van der Waals surface area contributed by atoms with Crippen molar-refractivity contribution in [1.29, 1.82) is 0 Å². The molecule has 3 nitrogen and oxygen atoms in total. The summed E-state index contributed by atoms with van der Waals surface area (Å²) in [7, 11) is 1.53. The van der Waals surface area contributed by atoms with Gasteiger partial charge in [0.1, 0.15) is 12.4 Å². The number of halogens is 2. The molecule has 2 aromatic rings. The molecule has 2 aromatic carbocycles. The minimum Gasteiger partial charge on any atom is -0.488 e. The number of benzene rings is 2. The maximum Gasteiger partial charge on any atom is 0.260 e. The fourth-order valence-electron chi connectivity index (χ4n) is 1.86. The van der Waals surface area contributed by atoms with Crippen molar-refractivity contribution in [2.45, 2.75) is 13.5 Å². The van der Waals surface area contributed by atoms with E-state index in [9.17, 15) is 0 Å². The third kappa shape index (κ3) is 4.44. The fourth-order valence-corrected chi connectivity index (χ4v) is 3.05. The molecule has 0 unspecified atom stereocenters. The van der Waals surface area contributed by atoms with Crippen LogP contribution in [0.1, 0.15) is 11.1 Å². The summed E-state index contributed by atoms with van der Waals surface area (Å²) in [4.78, 5) is 0. The van der Waals surface area contributed by atoms with E-state index in [4.69, 9.17) is 21.7 Å². The van der Waals surface area contributed by atoms with E-state index in [1.807, 2.05) is 43.3 Å². The number of nitrogens with one attached hydrogen (secondary N) is 1. The monoisotopic (exact) mass is 443 g/mol. The van der Waals surface area contributed by atoms with Gasteiger partial charge in [-0.3, -0.25) is 0 Å². The highest BCUT2D eigenvalue weighted by molar-refractivity contribution is 9.10. The van der Waals surface area contributed by atoms with Gasteiger partial charge in [-0.25, -0.2) is 0 Å². The van der Waals surface area contributed by atoms with Crippen LogP contribution in [0.5, 0.6) is 5.75 Å². The summed E-state index contributed by atoms with van der Waals surface area (Å²) in [5.41, 5.74) is 2.99. The van der Waals surface area contributed by atoms with E-state index < -0.39 is 0 Å². The quantitative estimate of drug-likeness (QED) is 0.635. The number of hydrogen-bond donors (Lipinski definition) is 1. The first-order valence-corrected chi connectivity index (χ1v) is 8.52. The van der Waals surface area contributed by atoms with E-state index in [1.165, 1.54) is 12.7 Å². The first-order valence-electron chi connectivity index (χ1n) is 6.52. The lowest BCUT2D eigenvalue weighted by atomic mass is 10.2. The molecule has 0 fully saturated rings. The molecule has 1 N–H and O–H groups in total. The zero-order chi connectivity index (χ0) is 16.1. The maximum atomic E-state index is 5.91. The second kappa shape index (κ2) is 7.94. The molecule has 0 spiro atoms. The Morgan fingerprint density at radius 1 is 1.18 bits per heavy atom. The second-order valence-corrected chi connectivity index (χ2v) is 6.68. The van der Waals surface area contributed by atoms with E-state index in [0.717, 1.165) is 25.9 Å². The number of hydrogen-bond acceptors (Lipinski definition) is 3. The zero-order valence-electron chi connectivity index (χ0n) is 12.2. The number of rotatable bonds is 4. The van der Waals surface area contributed by atoms with Gasteiger partial charge in [0.15, 0.2) is 0 Å². The Bertz CT molecular complexity index is 692. The molecule has 0 saturated carbocycles. The second-order valence-electron chi connectivity index (χ2n) is 4.61. The van der Waals surface area contributed by atoms with Gasteiger partial charge in [-0.1, -0.05) is 28.1 Å². The average Bonchev–Trinajstić information content (AvgIpc) is 2.48. The number of thiocarbonyl (C=S) groups is 1. The predicted molar refractivity (Wildman–Crippen MR) is 101 cm³/mol. The number of aryl methyl sites for hydroxylation is 1. The van der Waals surface area contributed by atoms with Gasteiger partial charge < -0.3 is 14.8 Å². The maximum absolute atomic E-state index is 5.91. The van der Waals surface area contributed by atoms with E-state index in [2.05, 4.69) is 37.2 Å². The van der Waals surface area contributed by atoms with Crippen LogP contribution in [-0.2, 0) is 11.3 Å². The van der Waals surface area contributed by atoms with Crippen molar-refractivity contribution in [2.24, 2.45) is 0 Å². The van der Waals surface area contributed by atoms with Crippen molar-refractivity contribution in [3.63, 3.8) is 0 Å². The Kier molecular flexibility index (Phi) is 6.23. The Morgan fingerprint density at radius 3 is 2.64 bits per heavy atom. The summed E-state index contributed by atoms with van der Waals surface area (Å²) in [6.07, 6.45) is 0. The molecule has 2 rings (SSSR count). The smallest absolute Gasteiger partial charge is 0.260 e. The highest BCUT2D eigenvalue weighted by atomic mass is 79.9. The Labute approximate surface area is 152 Å². The summed E-state index contributed by atoms with van der Waals surface area (Å²) in [5, 5.41) is 3.36. The lowest BCUT2D eigenvalue weighted by Crippen LogP contribution is -2.13. The Hall–Kier alpha value is -1.11. The van der Waals surface area contributed by atoms with Crippen molar-refractivity contribution < 1.29 is 9.47 Å². The van der Waals surface area contributed by atoms with E-state index in [0.29, 0.717) is 11.8 Å². The van der Waals surface area contributed by atoms with Crippen LogP contribution in [0.4, 0.5) is 5.69 Å². The van der Waals surface area contributed by atoms with Gasteiger partial charge in [0, 0.05) is 15.7 Å². The summed E-state index contributed by atoms with van der Waals surface area (Å²) < 4.78 is 12.8. The van der Waals surface area contributed by atoms with Gasteiger partial charge in [0.25, 0.3) is 5.17 Å². The molecule has 0 radical (unpaired) electrons. The molecular weight excluding hydrogens is 430 g/mol. The molecule has 0 aliphatic carbocycles. The van der Waals surface area contributed by atoms with Crippen LogP contribution in [0.2, 0.25) is 0 Å². The van der Waals surface area contributed by atoms with Crippen LogP contribution >= 0.6 is 44.1 Å². The summed E-state index contributed by atoms with van der Waals surface area (Å²) >= 11 is 12.1. The lowest BCUT2D eigenvalue weighted by molar-refractivity contribution is 0.304. The molecule has 22 heavy (non-hydrogen) atoms. The van der Waals surface area contributed by atoms with Gasteiger partial charge in [-0.15, -0.1) is 0 Å². The topological polar surface area (TPSA) is 30.5 Å². The Morgan fingerprint density at radius 2 is 1.95 bits per heavy atom. The average molecular weight is 445 g/mol. The summed E-state index contributed by atoms with van der Waals surface area (Å²) in [6.45, 7) is 2.44. The molecule has 0 aliphatic heterocycles. The van der Waals surface area contributed by atoms with E-state index in [1.54, 1.807) is 0 Å². The van der Waals surface area contributed by atoms with Gasteiger partial charge in [0.2, 0.25) is 0 Å². The van der Waals surface area contributed by atoms with Crippen molar-refractivity contribution in [2.75, 3.05) is 12.4 Å². The fraction of sp³-hybridized carbons (Fsp3) is 0.188. The molecule has 6 heteroatoms. The van der Waals surface area contributed by atoms with Crippen molar-refractivity contribution >= 4 is 54.9 Å². The van der Waals surface area contributed by atoms with E-state index in [-0.39, 0.29) is 0 Å². The Balaban J connectivity index is 2.19. The standard InChI is InChI=1S/C16H15Br2NO2S/c1-10-6-7-15(13(18)8-10)21-9-11-12(17)4-3-5-14(11)19-16(22)20-2/h3-8H,9H2,1-2H3,(H,19,22). The first kappa shape index (κ1) is 17.2. The molecule has 0 amide bonds. The van der Waals surface area contributed by atoms with Crippen LogP contribution in [0, 0.1) is 6.92 Å². The largest absolute Gasteiger partial charge is 0.488 e. The third-order valence-electron chi connectivity index (χ3n) is 3.00. The lowest BCUT2D eigenvalue weighted by Gasteiger charge is -2.15. The highest BCUT2D eigenvalue weighted by Crippen LogP contribution is 2.30. The van der Waals surface area contributed by atoms with Crippen LogP contribution < -0.4 is 10.1 Å². The molecule has 0 heterocycles. The molecule has 0 bridgehead atoms. The van der Waals surface area contributed by atoms with Crippen molar-refractivity contribution in [1.82, 2.24) is 0 Å². The van der Waals surface area contributed by atoms with Crippen molar-refractivity contribution in [3.05, 3.63) is 56.5 Å². The van der Waals surface area contributed by atoms with Gasteiger partial charge >= 0.3 is 0 Å². The van der Waals surface area contributed by atoms with Gasteiger partial charge in [-0.05, 0) is 64.9 Å². The van der Waals surface area contributed by atoms with Crippen LogP contribution in [-0.4, -0.2) is 12.3 Å². The molecule has 116 valence electrons. The molecule has 0 atom stereocenters. The van der Waals surface area contributed by atoms with Crippen LogP contribution in [0.25, 0.3) is 0 Å². The molecular formula is C16H15Br2NO2S. The SMILES string of the molecule is COC(=S)Nc1cccc(Br)c1COc1ccc(C)cc1Br. The minimum absolute atomic E-state index is 0.316. The summed E-state index contributed by atoms with van der Waals surface area (Å²) in [5.74, 6) is 0.793. The number of anilines is 1. The number of methoxy groups -OCH3 is 1.